The van der Waals surface area contributed by atoms with E-state index in [4.69, 9.17) is 0 Å². The van der Waals surface area contributed by atoms with Gasteiger partial charge in [0.15, 0.2) is 0 Å². The van der Waals surface area contributed by atoms with Crippen molar-refractivity contribution in [3.8, 4) is 0 Å². The van der Waals surface area contributed by atoms with Crippen LogP contribution in [0.15, 0.2) is 12.4 Å². The van der Waals surface area contributed by atoms with Crippen molar-refractivity contribution in [3.63, 3.8) is 0 Å². The van der Waals surface area contributed by atoms with E-state index >= 15 is 0 Å². The van der Waals surface area contributed by atoms with Gasteiger partial charge in [-0.25, -0.2) is 9.97 Å². The number of anilines is 1. The second-order valence-corrected chi connectivity index (χ2v) is 8.47. The van der Waals surface area contributed by atoms with E-state index in [2.05, 4.69) is 9.97 Å². The van der Waals surface area contributed by atoms with E-state index in [0.717, 1.165) is 17.8 Å². The summed E-state index contributed by atoms with van der Waals surface area (Å²) in [5.41, 5.74) is -0.201. The highest BCUT2D eigenvalue weighted by molar-refractivity contribution is 7.18. The highest BCUT2D eigenvalue weighted by Crippen LogP contribution is 2.43. The molecule has 0 radical (unpaired) electrons. The molecule has 4 rings (SSSR count). The molecule has 27 heavy (non-hydrogen) atoms. The number of fused-ring (bicyclic) bond motifs is 1. The van der Waals surface area contributed by atoms with Crippen LogP contribution in [0, 0.1) is 5.41 Å². The van der Waals surface area contributed by atoms with Gasteiger partial charge in [-0.05, 0) is 12.5 Å². The zero-order chi connectivity index (χ0) is 19.4. The fourth-order valence-electron chi connectivity index (χ4n) is 4.07. The minimum absolute atomic E-state index is 0.174. The van der Waals surface area contributed by atoms with Crippen LogP contribution in [0.1, 0.15) is 11.3 Å². The molecule has 0 bridgehead atoms. The Kier molecular flexibility index (Phi) is 4.30. The third-order valence-electron chi connectivity index (χ3n) is 4.99. The van der Waals surface area contributed by atoms with Crippen LogP contribution in [0.2, 0.25) is 0 Å². The van der Waals surface area contributed by atoms with Gasteiger partial charge in [-0.15, -0.1) is 11.3 Å². The maximum atomic E-state index is 12.7. The molecule has 2 saturated heterocycles. The molecule has 2 aromatic heterocycles. The third kappa shape index (κ3) is 3.98. The first kappa shape index (κ1) is 18.7. The minimum atomic E-state index is -4.29. The average molecular weight is 410 g/mol. The number of hydrogen-bond acceptors (Lipinski definition) is 5. The number of nitrogens with zero attached hydrogens (tertiary/aromatic N) is 4. The van der Waals surface area contributed by atoms with Gasteiger partial charge < -0.3 is 4.90 Å². The van der Waals surface area contributed by atoms with Crippen LogP contribution in [-0.2, 0) is 6.42 Å². The summed E-state index contributed by atoms with van der Waals surface area (Å²) < 4.78 is 75.4. The molecule has 0 amide bonds. The van der Waals surface area contributed by atoms with E-state index in [0.29, 0.717) is 42.2 Å². The summed E-state index contributed by atoms with van der Waals surface area (Å²) in [5.74, 6) is 0.566. The van der Waals surface area contributed by atoms with Crippen molar-refractivity contribution < 1.29 is 26.3 Å². The lowest BCUT2D eigenvalue weighted by atomic mass is 9.79. The Morgan fingerprint density at radius 3 is 2.44 bits per heavy atom. The number of likely N-dealkylation sites (tertiary alicyclic amines) is 1. The molecule has 0 N–H and O–H groups in total. The highest BCUT2D eigenvalue weighted by Gasteiger charge is 2.50. The van der Waals surface area contributed by atoms with Gasteiger partial charge in [0.25, 0.3) is 0 Å². The van der Waals surface area contributed by atoms with Gasteiger partial charge in [0.05, 0.1) is 18.4 Å². The molecule has 0 unspecified atom stereocenters. The molecule has 4 nitrogen and oxygen atoms in total. The van der Waals surface area contributed by atoms with E-state index in [1.165, 1.54) is 17.3 Å². The molecule has 0 saturated carbocycles. The van der Waals surface area contributed by atoms with E-state index in [-0.39, 0.29) is 10.3 Å². The van der Waals surface area contributed by atoms with Gasteiger partial charge >= 0.3 is 12.4 Å². The smallest absolute Gasteiger partial charge is 0.355 e. The monoisotopic (exact) mass is 410 g/mol. The molecule has 2 aliphatic heterocycles. The summed E-state index contributed by atoms with van der Waals surface area (Å²) in [5, 5.41) is 0.574. The zero-order valence-electron chi connectivity index (χ0n) is 14.1. The highest BCUT2D eigenvalue weighted by atomic mass is 32.1. The minimum Gasteiger partial charge on any atom is -0.355 e. The van der Waals surface area contributed by atoms with Crippen molar-refractivity contribution in [1.82, 2.24) is 14.9 Å². The van der Waals surface area contributed by atoms with Crippen LogP contribution < -0.4 is 4.90 Å². The number of aromatic nitrogens is 2. The molecule has 2 aliphatic rings. The Labute approximate surface area is 154 Å². The number of hydrogen-bond donors (Lipinski definition) is 0. The average Bonchev–Trinajstić information content (AvgIpc) is 3.06. The molecule has 4 heterocycles. The Morgan fingerprint density at radius 2 is 1.78 bits per heavy atom. The van der Waals surface area contributed by atoms with Crippen LogP contribution >= 0.6 is 11.3 Å². The molecule has 0 atom stereocenters. The number of halogens is 6. The Morgan fingerprint density at radius 1 is 1.04 bits per heavy atom. The van der Waals surface area contributed by atoms with Crippen molar-refractivity contribution in [3.05, 3.63) is 17.3 Å². The van der Waals surface area contributed by atoms with Gasteiger partial charge in [-0.2, -0.15) is 26.3 Å². The molecule has 148 valence electrons. The maximum Gasteiger partial charge on any atom is 0.401 e. The first-order valence-electron chi connectivity index (χ1n) is 8.36. The Bertz CT molecular complexity index is 840. The second kappa shape index (κ2) is 6.20. The molecule has 2 aromatic rings. The fourth-order valence-corrected chi connectivity index (χ4v) is 5.09. The van der Waals surface area contributed by atoms with E-state index in [1.807, 2.05) is 4.90 Å². The molecule has 0 aliphatic carbocycles. The summed E-state index contributed by atoms with van der Waals surface area (Å²) in [6.45, 7) is 1.02. The summed E-state index contributed by atoms with van der Waals surface area (Å²) >= 11 is 0.992. The number of rotatable bonds is 3. The van der Waals surface area contributed by atoms with Gasteiger partial charge in [-0.1, -0.05) is 0 Å². The van der Waals surface area contributed by atoms with Gasteiger partial charge in [0.2, 0.25) is 0 Å². The number of alkyl halides is 6. The van der Waals surface area contributed by atoms with Gasteiger partial charge in [0, 0.05) is 36.5 Å². The van der Waals surface area contributed by atoms with Crippen LogP contribution in [0.25, 0.3) is 10.2 Å². The first-order valence-corrected chi connectivity index (χ1v) is 9.18. The van der Waals surface area contributed by atoms with Crippen molar-refractivity contribution in [2.75, 3.05) is 37.6 Å². The molecule has 0 aromatic carbocycles. The molecular weight excluding hydrogens is 394 g/mol. The van der Waals surface area contributed by atoms with Crippen molar-refractivity contribution in [1.29, 1.82) is 0 Å². The summed E-state index contributed by atoms with van der Waals surface area (Å²) in [6, 6.07) is 1.48. The number of thiophene rings is 1. The Balaban J connectivity index is 1.49. The summed E-state index contributed by atoms with van der Waals surface area (Å²) in [4.78, 5) is 12.3. The molecule has 2 fully saturated rings. The first-order chi connectivity index (χ1) is 12.5. The van der Waals surface area contributed by atoms with Gasteiger partial charge in [-0.3, -0.25) is 4.90 Å². The lowest BCUT2D eigenvalue weighted by Crippen LogP contribution is -2.59. The lowest BCUT2D eigenvalue weighted by molar-refractivity contribution is -0.167. The maximum absolute atomic E-state index is 12.7. The predicted molar refractivity (Wildman–Crippen MR) is 88.9 cm³/mol. The van der Waals surface area contributed by atoms with Crippen molar-refractivity contribution in [2.45, 2.75) is 25.2 Å². The molecule has 11 heteroatoms. The normalized spacial score (nSPS) is 20.6. The SMILES string of the molecule is FC(F)(F)Cc1cc2c(N3CCC4(CN(CC(F)(F)F)C4)C3)ncnc2s1. The largest absolute Gasteiger partial charge is 0.401 e. The molecule has 1 spiro atoms. The van der Waals surface area contributed by atoms with Crippen LogP contribution in [0.5, 0.6) is 0 Å². The summed E-state index contributed by atoms with van der Waals surface area (Å²) in [6.07, 6.45) is -7.44. The van der Waals surface area contributed by atoms with Crippen LogP contribution in [0.4, 0.5) is 32.2 Å². The Hall–Kier alpha value is -1.62. The van der Waals surface area contributed by atoms with Gasteiger partial charge in [0.1, 0.15) is 17.0 Å². The predicted octanol–water partition coefficient (Wildman–Crippen LogP) is 3.87. The zero-order valence-corrected chi connectivity index (χ0v) is 14.9. The van der Waals surface area contributed by atoms with E-state index in [1.54, 1.807) is 0 Å². The van der Waals surface area contributed by atoms with Crippen LogP contribution in [-0.4, -0.2) is 59.9 Å². The van der Waals surface area contributed by atoms with Crippen molar-refractivity contribution >= 4 is 27.4 Å². The van der Waals surface area contributed by atoms with E-state index in [9.17, 15) is 26.3 Å². The summed E-state index contributed by atoms with van der Waals surface area (Å²) in [7, 11) is 0. The quantitative estimate of drug-likeness (QED) is 0.720. The van der Waals surface area contributed by atoms with Crippen molar-refractivity contribution in [2.24, 2.45) is 5.41 Å². The fraction of sp³-hybridized carbons (Fsp3) is 0.625. The molecular formula is C16H16F6N4S. The third-order valence-corrected chi connectivity index (χ3v) is 6.04. The topological polar surface area (TPSA) is 32.3 Å². The second-order valence-electron chi connectivity index (χ2n) is 7.35. The van der Waals surface area contributed by atoms with Crippen LogP contribution in [0.3, 0.4) is 0 Å². The lowest BCUT2D eigenvalue weighted by Gasteiger charge is -2.48. The standard InChI is InChI=1S/C16H16F6N4S/c17-15(18,19)4-10-3-11-12(23-9-24-13(11)27-10)26-2-1-14(7-26)5-25(6-14)8-16(20,21)22/h3,9H,1-2,4-8H2. The van der Waals surface area contributed by atoms with E-state index < -0.39 is 25.3 Å².